The molecule has 0 aromatic carbocycles. The number of ether oxygens (including phenoxy) is 1. The maximum absolute atomic E-state index is 5.91. The Bertz CT molecular complexity index is 419. The van der Waals surface area contributed by atoms with Crippen LogP contribution in [0.2, 0.25) is 0 Å². The van der Waals surface area contributed by atoms with Crippen LogP contribution < -0.4 is 4.90 Å². The Morgan fingerprint density at radius 2 is 2.22 bits per heavy atom. The van der Waals surface area contributed by atoms with Gasteiger partial charge in [-0.1, -0.05) is 23.8 Å². The first-order valence-corrected chi connectivity index (χ1v) is 7.65. The number of rotatable bonds is 4. The average molecular weight is 287 g/mol. The van der Waals surface area contributed by atoms with Crippen molar-refractivity contribution in [2.45, 2.75) is 20.3 Å². The molecular weight excluding hydrogens is 268 g/mol. The van der Waals surface area contributed by atoms with E-state index in [1.54, 1.807) is 11.3 Å². The molecule has 1 aliphatic rings. The van der Waals surface area contributed by atoms with Gasteiger partial charge in [0.15, 0.2) is 5.13 Å². The summed E-state index contributed by atoms with van der Waals surface area (Å²) in [6.07, 6.45) is 3.18. The Hall–Kier alpha value is -0.580. The minimum atomic E-state index is 0.598. The first-order valence-electron chi connectivity index (χ1n) is 6.30. The predicted molar refractivity (Wildman–Crippen MR) is 78.9 cm³/mol. The molecule has 1 aromatic heterocycles. The summed E-state index contributed by atoms with van der Waals surface area (Å²) in [6.45, 7) is 7.66. The van der Waals surface area contributed by atoms with E-state index in [0.29, 0.717) is 5.88 Å². The van der Waals surface area contributed by atoms with Crippen molar-refractivity contribution in [2.75, 3.05) is 37.1 Å². The number of alkyl halides is 1. The highest BCUT2D eigenvalue weighted by Crippen LogP contribution is 2.29. The van der Waals surface area contributed by atoms with E-state index in [-0.39, 0.29) is 0 Å². The lowest BCUT2D eigenvalue weighted by Crippen LogP contribution is -2.36. The summed E-state index contributed by atoms with van der Waals surface area (Å²) in [5, 5.41) is 1.10. The molecule has 0 N–H and O–H groups in total. The highest BCUT2D eigenvalue weighted by atomic mass is 35.5. The highest BCUT2D eigenvalue weighted by Gasteiger charge is 2.16. The van der Waals surface area contributed by atoms with Crippen molar-refractivity contribution in [3.8, 4) is 0 Å². The Balaban J connectivity index is 2.18. The summed E-state index contributed by atoms with van der Waals surface area (Å²) in [4.78, 5) is 8.18. The third kappa shape index (κ3) is 3.25. The molecule has 0 bridgehead atoms. The van der Waals surface area contributed by atoms with Gasteiger partial charge in [-0.15, -0.1) is 11.6 Å². The molecule has 100 valence electrons. The van der Waals surface area contributed by atoms with Gasteiger partial charge in [0.1, 0.15) is 0 Å². The predicted octanol–water partition coefficient (Wildman–Crippen LogP) is 3.32. The average Bonchev–Trinajstić information content (AvgIpc) is 2.78. The van der Waals surface area contributed by atoms with Crippen LogP contribution in [-0.2, 0) is 4.74 Å². The zero-order valence-electron chi connectivity index (χ0n) is 10.9. The molecule has 1 fully saturated rings. The van der Waals surface area contributed by atoms with Crippen LogP contribution in [0.4, 0.5) is 5.13 Å². The second-order valence-electron chi connectivity index (χ2n) is 4.34. The van der Waals surface area contributed by atoms with Crippen LogP contribution in [0, 0.1) is 6.92 Å². The van der Waals surface area contributed by atoms with Crippen LogP contribution in [0.3, 0.4) is 0 Å². The molecule has 1 saturated heterocycles. The molecule has 3 nitrogen and oxygen atoms in total. The summed E-state index contributed by atoms with van der Waals surface area (Å²) in [6, 6.07) is 0. The number of anilines is 1. The van der Waals surface area contributed by atoms with Crippen molar-refractivity contribution in [3.05, 3.63) is 16.1 Å². The first kappa shape index (κ1) is 13.8. The zero-order chi connectivity index (χ0) is 13.0. The van der Waals surface area contributed by atoms with Crippen LogP contribution in [0.5, 0.6) is 0 Å². The lowest BCUT2D eigenvalue weighted by molar-refractivity contribution is 0.122. The summed E-state index contributed by atoms with van der Waals surface area (Å²) < 4.78 is 5.36. The monoisotopic (exact) mass is 286 g/mol. The second kappa shape index (κ2) is 6.55. The number of halogens is 1. The van der Waals surface area contributed by atoms with E-state index in [4.69, 9.17) is 16.3 Å². The second-order valence-corrected chi connectivity index (χ2v) is 5.61. The molecule has 0 spiro atoms. The van der Waals surface area contributed by atoms with Gasteiger partial charge in [0.05, 0.1) is 23.8 Å². The molecule has 0 radical (unpaired) electrons. The molecule has 5 heteroatoms. The first-order chi connectivity index (χ1) is 8.74. The van der Waals surface area contributed by atoms with Crippen molar-refractivity contribution < 1.29 is 4.74 Å². The topological polar surface area (TPSA) is 25.4 Å². The number of thiazole rings is 1. The maximum Gasteiger partial charge on any atom is 0.186 e. The summed E-state index contributed by atoms with van der Waals surface area (Å²) >= 11 is 7.66. The summed E-state index contributed by atoms with van der Waals surface area (Å²) in [5.74, 6) is 0.598. The maximum atomic E-state index is 5.91. The molecular formula is C13H19ClN2OS. The number of allylic oxidation sites excluding steroid dienone is 1. The third-order valence-corrected chi connectivity index (χ3v) is 4.57. The molecule has 0 aliphatic carbocycles. The van der Waals surface area contributed by atoms with Gasteiger partial charge in [0, 0.05) is 19.0 Å². The molecule has 0 unspecified atom stereocenters. The molecule has 18 heavy (non-hydrogen) atoms. The van der Waals surface area contributed by atoms with Crippen LogP contribution in [0.15, 0.2) is 5.57 Å². The van der Waals surface area contributed by atoms with E-state index >= 15 is 0 Å². The van der Waals surface area contributed by atoms with Crippen molar-refractivity contribution in [1.29, 1.82) is 0 Å². The lowest BCUT2D eigenvalue weighted by atomic mass is 10.2. The number of aromatic nitrogens is 1. The molecule has 1 aromatic rings. The normalized spacial score (nSPS) is 17.3. The number of nitrogens with zero attached hydrogens (tertiary/aromatic N) is 2. The van der Waals surface area contributed by atoms with Crippen LogP contribution in [-0.4, -0.2) is 37.2 Å². The number of hydrogen-bond donors (Lipinski definition) is 0. The van der Waals surface area contributed by atoms with Crippen LogP contribution in [0.1, 0.15) is 23.9 Å². The number of morpholine rings is 1. The van der Waals surface area contributed by atoms with Gasteiger partial charge < -0.3 is 9.64 Å². The fraction of sp³-hybridized carbons (Fsp3) is 0.615. The fourth-order valence-electron chi connectivity index (χ4n) is 1.84. The fourth-order valence-corrected chi connectivity index (χ4v) is 3.21. The number of aryl methyl sites for hydroxylation is 1. The largest absolute Gasteiger partial charge is 0.378 e. The lowest BCUT2D eigenvalue weighted by Gasteiger charge is -2.26. The molecule has 0 saturated carbocycles. The molecule has 0 atom stereocenters. The van der Waals surface area contributed by atoms with E-state index < -0.39 is 0 Å². The van der Waals surface area contributed by atoms with Crippen molar-refractivity contribution in [1.82, 2.24) is 4.98 Å². The number of hydrogen-bond acceptors (Lipinski definition) is 4. The minimum absolute atomic E-state index is 0.598. The Kier molecular flexibility index (Phi) is 5.03. The van der Waals surface area contributed by atoms with Crippen LogP contribution in [0.25, 0.3) is 6.08 Å². The molecule has 2 rings (SSSR count). The Morgan fingerprint density at radius 1 is 1.50 bits per heavy atom. The highest BCUT2D eigenvalue weighted by molar-refractivity contribution is 7.16. The Labute approximate surface area is 117 Å². The minimum Gasteiger partial charge on any atom is -0.378 e. The van der Waals surface area contributed by atoms with Gasteiger partial charge >= 0.3 is 0 Å². The molecule has 0 amide bonds. The molecule has 1 aliphatic heterocycles. The Morgan fingerprint density at radius 3 is 2.83 bits per heavy atom. The van der Waals surface area contributed by atoms with Gasteiger partial charge in [0.25, 0.3) is 0 Å². The standard InChI is InChI=1S/C13H19ClN2OS/c1-3-11(9-14)8-12-10(2)15-13(18-12)16-4-6-17-7-5-16/h8H,3-7,9H2,1-2H3. The van der Waals surface area contributed by atoms with Gasteiger partial charge in [-0.2, -0.15) is 0 Å². The smallest absolute Gasteiger partial charge is 0.186 e. The summed E-state index contributed by atoms with van der Waals surface area (Å²) in [5.41, 5.74) is 2.36. The quantitative estimate of drug-likeness (QED) is 0.794. The van der Waals surface area contributed by atoms with E-state index in [1.807, 2.05) is 0 Å². The van der Waals surface area contributed by atoms with E-state index in [1.165, 1.54) is 10.5 Å². The van der Waals surface area contributed by atoms with Crippen molar-refractivity contribution in [2.24, 2.45) is 0 Å². The summed E-state index contributed by atoms with van der Waals surface area (Å²) in [7, 11) is 0. The zero-order valence-corrected chi connectivity index (χ0v) is 12.5. The van der Waals surface area contributed by atoms with Gasteiger partial charge in [-0.05, 0) is 19.4 Å². The van der Waals surface area contributed by atoms with E-state index in [0.717, 1.165) is 43.5 Å². The van der Waals surface area contributed by atoms with Gasteiger partial charge in [-0.25, -0.2) is 4.98 Å². The third-order valence-electron chi connectivity index (χ3n) is 3.06. The van der Waals surface area contributed by atoms with E-state index in [2.05, 4.69) is 29.8 Å². The van der Waals surface area contributed by atoms with Gasteiger partial charge in [0.2, 0.25) is 0 Å². The van der Waals surface area contributed by atoms with Crippen molar-refractivity contribution >= 4 is 34.1 Å². The van der Waals surface area contributed by atoms with Crippen molar-refractivity contribution in [3.63, 3.8) is 0 Å². The van der Waals surface area contributed by atoms with Gasteiger partial charge in [-0.3, -0.25) is 0 Å². The van der Waals surface area contributed by atoms with Crippen LogP contribution >= 0.6 is 22.9 Å². The molecule has 2 heterocycles. The van der Waals surface area contributed by atoms with E-state index in [9.17, 15) is 0 Å². The SMILES string of the molecule is CCC(=Cc1sc(N2CCOCC2)nc1C)CCl.